The summed E-state index contributed by atoms with van der Waals surface area (Å²) in [4.78, 5) is 2.36. The first-order valence-corrected chi connectivity index (χ1v) is 7.99. The van der Waals surface area contributed by atoms with E-state index in [0.29, 0.717) is 0 Å². The van der Waals surface area contributed by atoms with Crippen molar-refractivity contribution in [3.63, 3.8) is 0 Å². The molecular weight excluding hydrogens is 286 g/mol. The van der Waals surface area contributed by atoms with Gasteiger partial charge in [0.15, 0.2) is 11.5 Å². The largest absolute Gasteiger partial charge is 0.493 e. The van der Waals surface area contributed by atoms with Gasteiger partial charge in [0, 0.05) is 13.1 Å². The summed E-state index contributed by atoms with van der Waals surface area (Å²) in [5.41, 5.74) is 5.34. The van der Waals surface area contributed by atoms with Crippen LogP contribution >= 0.6 is 0 Å². The molecule has 3 heteroatoms. The summed E-state index contributed by atoms with van der Waals surface area (Å²) in [5.74, 6) is 1.57. The first-order valence-electron chi connectivity index (χ1n) is 7.99. The molecule has 0 unspecified atom stereocenters. The van der Waals surface area contributed by atoms with Crippen molar-refractivity contribution in [2.75, 3.05) is 27.8 Å². The molecule has 2 rings (SSSR count). The monoisotopic (exact) mass is 313 g/mol. The fraction of sp³-hybridized carbons (Fsp3) is 0.400. The van der Waals surface area contributed by atoms with Crippen LogP contribution in [-0.2, 0) is 13.0 Å². The Morgan fingerprint density at radius 2 is 1.65 bits per heavy atom. The first-order chi connectivity index (χ1) is 11.0. The molecule has 0 atom stereocenters. The summed E-state index contributed by atoms with van der Waals surface area (Å²) in [5, 5.41) is 0. The minimum atomic E-state index is 0.778. The molecule has 0 aliphatic heterocycles. The van der Waals surface area contributed by atoms with E-state index in [1.165, 1.54) is 22.3 Å². The summed E-state index contributed by atoms with van der Waals surface area (Å²) >= 11 is 0. The van der Waals surface area contributed by atoms with E-state index in [0.717, 1.165) is 31.0 Å². The van der Waals surface area contributed by atoms with Crippen LogP contribution in [0, 0.1) is 13.8 Å². The lowest BCUT2D eigenvalue weighted by atomic mass is 10.0. The van der Waals surface area contributed by atoms with Crippen molar-refractivity contribution >= 4 is 0 Å². The number of hydrogen-bond donors (Lipinski definition) is 0. The zero-order valence-electron chi connectivity index (χ0n) is 14.8. The molecule has 0 bridgehead atoms. The molecule has 124 valence electrons. The lowest BCUT2D eigenvalue weighted by molar-refractivity contribution is 0.329. The smallest absolute Gasteiger partial charge is 0.160 e. The van der Waals surface area contributed by atoms with E-state index in [1.54, 1.807) is 14.2 Å². The molecule has 0 spiro atoms. The third-order valence-electron chi connectivity index (χ3n) is 4.18. The van der Waals surface area contributed by atoms with Crippen molar-refractivity contribution in [3.8, 4) is 11.5 Å². The van der Waals surface area contributed by atoms with Crippen molar-refractivity contribution in [2.45, 2.75) is 26.8 Å². The Kier molecular flexibility index (Phi) is 6.05. The van der Waals surface area contributed by atoms with Crippen molar-refractivity contribution in [3.05, 3.63) is 58.7 Å². The van der Waals surface area contributed by atoms with E-state index < -0.39 is 0 Å². The Hall–Kier alpha value is -2.00. The van der Waals surface area contributed by atoms with Gasteiger partial charge in [-0.1, -0.05) is 29.8 Å². The number of ether oxygens (including phenoxy) is 2. The second-order valence-corrected chi connectivity index (χ2v) is 6.11. The maximum atomic E-state index is 5.37. The number of likely N-dealkylation sites (N-methyl/N-ethyl adjacent to an activating group) is 1. The molecule has 23 heavy (non-hydrogen) atoms. The maximum absolute atomic E-state index is 5.37. The number of aryl methyl sites for hydroxylation is 2. The summed E-state index contributed by atoms with van der Waals surface area (Å²) in [6.45, 7) is 6.30. The molecule has 0 saturated heterocycles. The lowest BCUT2D eigenvalue weighted by Crippen LogP contribution is -2.21. The highest BCUT2D eigenvalue weighted by Gasteiger charge is 2.07. The maximum Gasteiger partial charge on any atom is 0.160 e. The minimum absolute atomic E-state index is 0.778. The lowest BCUT2D eigenvalue weighted by Gasteiger charge is -2.19. The van der Waals surface area contributed by atoms with Crippen LogP contribution in [0.2, 0.25) is 0 Å². The summed E-state index contributed by atoms with van der Waals surface area (Å²) < 4.78 is 10.7. The standard InChI is InChI=1S/C20H27NO2/c1-15-6-7-16(2)18(12-15)14-21(3)11-10-17-8-9-19(22-4)20(13-17)23-5/h6-9,12-13H,10-11,14H2,1-5H3. The first kappa shape index (κ1) is 17.4. The van der Waals surface area contributed by atoms with Gasteiger partial charge in [0.05, 0.1) is 14.2 Å². The quantitative estimate of drug-likeness (QED) is 0.771. The van der Waals surface area contributed by atoms with Crippen LogP contribution in [0.4, 0.5) is 0 Å². The van der Waals surface area contributed by atoms with Crippen LogP contribution in [0.5, 0.6) is 11.5 Å². The van der Waals surface area contributed by atoms with Crippen LogP contribution in [0.15, 0.2) is 36.4 Å². The Morgan fingerprint density at radius 3 is 2.35 bits per heavy atom. The molecule has 0 fully saturated rings. The topological polar surface area (TPSA) is 21.7 Å². The van der Waals surface area contributed by atoms with Gasteiger partial charge in [0.1, 0.15) is 0 Å². The number of benzene rings is 2. The number of nitrogens with zero attached hydrogens (tertiary/aromatic N) is 1. The Bertz CT molecular complexity index is 652. The van der Waals surface area contributed by atoms with Gasteiger partial charge < -0.3 is 14.4 Å². The fourth-order valence-electron chi connectivity index (χ4n) is 2.70. The number of methoxy groups -OCH3 is 2. The minimum Gasteiger partial charge on any atom is -0.493 e. The van der Waals surface area contributed by atoms with Crippen LogP contribution in [0.25, 0.3) is 0 Å². The van der Waals surface area contributed by atoms with E-state index >= 15 is 0 Å². The molecule has 0 aromatic heterocycles. The highest BCUT2D eigenvalue weighted by molar-refractivity contribution is 5.43. The second-order valence-electron chi connectivity index (χ2n) is 6.11. The SMILES string of the molecule is COc1ccc(CCN(C)Cc2cc(C)ccc2C)cc1OC. The van der Waals surface area contributed by atoms with Crippen molar-refractivity contribution in [1.82, 2.24) is 4.90 Å². The van der Waals surface area contributed by atoms with Gasteiger partial charge in [-0.05, 0) is 56.1 Å². The summed E-state index contributed by atoms with van der Waals surface area (Å²) in [6.07, 6.45) is 0.988. The summed E-state index contributed by atoms with van der Waals surface area (Å²) in [7, 11) is 5.51. The van der Waals surface area contributed by atoms with Gasteiger partial charge in [0.2, 0.25) is 0 Å². The molecule has 0 amide bonds. The normalized spacial score (nSPS) is 10.9. The van der Waals surface area contributed by atoms with Crippen LogP contribution < -0.4 is 9.47 Å². The van der Waals surface area contributed by atoms with Gasteiger partial charge in [-0.15, -0.1) is 0 Å². The molecule has 2 aromatic carbocycles. The molecular formula is C20H27NO2. The Labute approximate surface area is 139 Å². The highest BCUT2D eigenvalue weighted by Crippen LogP contribution is 2.27. The van der Waals surface area contributed by atoms with E-state index in [9.17, 15) is 0 Å². The van der Waals surface area contributed by atoms with Crippen LogP contribution in [0.3, 0.4) is 0 Å². The Balaban J connectivity index is 1.96. The molecule has 0 aliphatic rings. The zero-order valence-corrected chi connectivity index (χ0v) is 14.8. The molecule has 0 saturated carbocycles. The van der Waals surface area contributed by atoms with Gasteiger partial charge in [0.25, 0.3) is 0 Å². The van der Waals surface area contributed by atoms with Crippen LogP contribution in [-0.4, -0.2) is 32.7 Å². The number of hydrogen-bond acceptors (Lipinski definition) is 3. The number of rotatable bonds is 7. The third-order valence-corrected chi connectivity index (χ3v) is 4.18. The zero-order chi connectivity index (χ0) is 16.8. The van der Waals surface area contributed by atoms with Crippen molar-refractivity contribution in [1.29, 1.82) is 0 Å². The van der Waals surface area contributed by atoms with E-state index in [2.05, 4.69) is 56.1 Å². The predicted octanol–water partition coefficient (Wildman–Crippen LogP) is 4.00. The van der Waals surface area contributed by atoms with Gasteiger partial charge in [-0.2, -0.15) is 0 Å². The van der Waals surface area contributed by atoms with E-state index in [-0.39, 0.29) is 0 Å². The van der Waals surface area contributed by atoms with Crippen molar-refractivity contribution < 1.29 is 9.47 Å². The van der Waals surface area contributed by atoms with Crippen LogP contribution in [0.1, 0.15) is 22.3 Å². The van der Waals surface area contributed by atoms with E-state index in [1.807, 2.05) is 6.07 Å². The molecule has 0 aliphatic carbocycles. The average molecular weight is 313 g/mol. The second kappa shape index (κ2) is 8.02. The molecule has 0 radical (unpaired) electrons. The van der Waals surface area contributed by atoms with E-state index in [4.69, 9.17) is 9.47 Å². The van der Waals surface area contributed by atoms with Gasteiger partial charge >= 0.3 is 0 Å². The fourth-order valence-corrected chi connectivity index (χ4v) is 2.70. The third kappa shape index (κ3) is 4.73. The molecule has 0 N–H and O–H groups in total. The van der Waals surface area contributed by atoms with Gasteiger partial charge in [-0.25, -0.2) is 0 Å². The molecule has 3 nitrogen and oxygen atoms in total. The van der Waals surface area contributed by atoms with Crippen molar-refractivity contribution in [2.24, 2.45) is 0 Å². The average Bonchev–Trinajstić information content (AvgIpc) is 2.56. The summed E-state index contributed by atoms with van der Waals surface area (Å²) in [6, 6.07) is 12.8. The molecule has 0 heterocycles. The predicted molar refractivity (Wildman–Crippen MR) is 95.5 cm³/mol. The molecule has 2 aromatic rings. The highest BCUT2D eigenvalue weighted by atomic mass is 16.5. The van der Waals surface area contributed by atoms with Gasteiger partial charge in [-0.3, -0.25) is 0 Å². The Morgan fingerprint density at radius 1 is 0.913 bits per heavy atom.